The highest BCUT2D eigenvalue weighted by molar-refractivity contribution is 7.09. The van der Waals surface area contributed by atoms with Crippen molar-refractivity contribution in [2.24, 2.45) is 5.73 Å². The number of carbonyl (C=O) groups is 2. The first-order valence-electron chi connectivity index (χ1n) is 7.87. The molecule has 3 amide bonds. The van der Waals surface area contributed by atoms with Crippen molar-refractivity contribution in [3.8, 4) is 0 Å². The van der Waals surface area contributed by atoms with Crippen molar-refractivity contribution in [1.82, 2.24) is 15.6 Å². The van der Waals surface area contributed by atoms with Crippen LogP contribution < -0.4 is 16.4 Å². The van der Waals surface area contributed by atoms with Gasteiger partial charge >= 0.3 is 6.03 Å². The van der Waals surface area contributed by atoms with Crippen LogP contribution in [0, 0.1) is 0 Å². The third-order valence-corrected chi connectivity index (χ3v) is 4.59. The summed E-state index contributed by atoms with van der Waals surface area (Å²) >= 11 is 1.60. The highest BCUT2D eigenvalue weighted by atomic mass is 32.1. The summed E-state index contributed by atoms with van der Waals surface area (Å²) in [7, 11) is 0. The van der Waals surface area contributed by atoms with Crippen LogP contribution in [0.2, 0.25) is 0 Å². The highest BCUT2D eigenvalue weighted by Crippen LogP contribution is 2.16. The number of rotatable bonds is 7. The van der Waals surface area contributed by atoms with Crippen LogP contribution in [0.4, 0.5) is 4.79 Å². The van der Waals surface area contributed by atoms with Crippen LogP contribution in [0.25, 0.3) is 0 Å². The Kier molecular flexibility index (Phi) is 6.31. The van der Waals surface area contributed by atoms with Gasteiger partial charge in [-0.25, -0.2) is 9.78 Å². The number of urea groups is 1. The molecule has 0 saturated carbocycles. The first-order chi connectivity index (χ1) is 11.5. The summed E-state index contributed by atoms with van der Waals surface area (Å²) in [6.45, 7) is 4.43. The first kappa shape index (κ1) is 17.9. The quantitative estimate of drug-likeness (QED) is 0.718. The minimum absolute atomic E-state index is 0.139. The van der Waals surface area contributed by atoms with Gasteiger partial charge in [-0.2, -0.15) is 0 Å². The predicted octanol–water partition coefficient (Wildman–Crippen LogP) is 2.41. The summed E-state index contributed by atoms with van der Waals surface area (Å²) in [6.07, 6.45) is 1.52. The normalized spacial score (nSPS) is 11.8. The lowest BCUT2D eigenvalue weighted by Gasteiger charge is -2.13. The van der Waals surface area contributed by atoms with Crippen LogP contribution in [-0.2, 0) is 12.8 Å². The number of amides is 3. The molecule has 2 aromatic rings. The number of nitrogens with two attached hydrogens (primary N) is 1. The minimum Gasteiger partial charge on any atom is -0.366 e. The zero-order chi connectivity index (χ0) is 17.5. The van der Waals surface area contributed by atoms with Crippen molar-refractivity contribution in [2.45, 2.75) is 32.7 Å². The molecule has 1 atom stereocenters. The molecule has 0 fully saturated rings. The van der Waals surface area contributed by atoms with E-state index in [1.54, 1.807) is 29.5 Å². The zero-order valence-electron chi connectivity index (χ0n) is 13.8. The molecule has 6 nitrogen and oxygen atoms in total. The molecule has 0 bridgehead atoms. The number of nitrogens with one attached hydrogen (secondary N) is 2. The Morgan fingerprint density at radius 1 is 1.38 bits per heavy atom. The Bertz CT molecular complexity index is 714. The predicted molar refractivity (Wildman–Crippen MR) is 95.1 cm³/mol. The number of aromatic nitrogens is 1. The smallest absolute Gasteiger partial charge is 0.315 e. The first-order valence-corrected chi connectivity index (χ1v) is 8.75. The van der Waals surface area contributed by atoms with Gasteiger partial charge in [0.05, 0.1) is 16.7 Å². The second-order valence-corrected chi connectivity index (χ2v) is 6.40. The molecule has 0 spiro atoms. The molecular formula is C17H22N4O2S. The van der Waals surface area contributed by atoms with E-state index in [-0.39, 0.29) is 12.1 Å². The van der Waals surface area contributed by atoms with E-state index < -0.39 is 5.91 Å². The Morgan fingerprint density at radius 3 is 2.83 bits per heavy atom. The number of hydrogen-bond donors (Lipinski definition) is 3. The molecule has 1 aromatic carbocycles. The van der Waals surface area contributed by atoms with Gasteiger partial charge in [-0.05, 0) is 37.5 Å². The van der Waals surface area contributed by atoms with E-state index in [2.05, 4.69) is 22.5 Å². The van der Waals surface area contributed by atoms with Gasteiger partial charge in [-0.3, -0.25) is 4.79 Å². The van der Waals surface area contributed by atoms with E-state index >= 15 is 0 Å². The number of thiazole rings is 1. The lowest BCUT2D eigenvalue weighted by molar-refractivity contribution is 0.1000. The monoisotopic (exact) mass is 346 g/mol. The topological polar surface area (TPSA) is 97.1 Å². The number of carbonyl (C=O) groups excluding carboxylic acids is 2. The third-order valence-electron chi connectivity index (χ3n) is 3.57. The van der Waals surface area contributed by atoms with Crippen LogP contribution in [-0.4, -0.2) is 23.5 Å². The fourth-order valence-corrected chi connectivity index (χ4v) is 3.05. The van der Waals surface area contributed by atoms with Gasteiger partial charge in [0.1, 0.15) is 0 Å². The minimum atomic E-state index is -0.453. The van der Waals surface area contributed by atoms with Gasteiger partial charge < -0.3 is 16.4 Å². The molecule has 1 aromatic heterocycles. The summed E-state index contributed by atoms with van der Waals surface area (Å²) in [5.74, 6) is -0.453. The third kappa shape index (κ3) is 5.06. The maximum atomic E-state index is 11.9. The second kappa shape index (κ2) is 8.44. The molecule has 0 aliphatic heterocycles. The molecule has 7 heteroatoms. The summed E-state index contributed by atoms with van der Waals surface area (Å²) in [5, 5.41) is 8.71. The fraction of sp³-hybridized carbons (Fsp3) is 0.353. The average molecular weight is 346 g/mol. The number of hydrogen-bond acceptors (Lipinski definition) is 4. The zero-order valence-corrected chi connectivity index (χ0v) is 14.7. The van der Waals surface area contributed by atoms with E-state index in [9.17, 15) is 9.59 Å². The molecule has 4 N–H and O–H groups in total. The van der Waals surface area contributed by atoms with E-state index in [0.29, 0.717) is 18.5 Å². The Hall–Kier alpha value is -2.41. The summed E-state index contributed by atoms with van der Waals surface area (Å²) in [5.41, 5.74) is 7.56. The summed E-state index contributed by atoms with van der Waals surface area (Å²) < 4.78 is 0. The van der Waals surface area contributed by atoms with Gasteiger partial charge in [0.25, 0.3) is 0 Å². The van der Waals surface area contributed by atoms with Crippen LogP contribution >= 0.6 is 11.3 Å². The Balaban J connectivity index is 1.78. The fourth-order valence-electron chi connectivity index (χ4n) is 2.21. The molecule has 0 aliphatic carbocycles. The standard InChI is InChI=1S/C17H22N4O2S/c1-3-15-21-14(10-24-15)11(2)20-17(23)19-8-7-12-5-4-6-13(9-12)16(18)22/h4-6,9-11H,3,7-8H2,1-2H3,(H2,18,22)(H2,19,20,23)/t11-/m1/s1. The number of benzene rings is 1. The lowest BCUT2D eigenvalue weighted by atomic mass is 10.1. The van der Waals surface area contributed by atoms with Crippen molar-refractivity contribution in [1.29, 1.82) is 0 Å². The molecular weight excluding hydrogens is 324 g/mol. The van der Waals surface area contributed by atoms with Gasteiger partial charge in [0.2, 0.25) is 5.91 Å². The van der Waals surface area contributed by atoms with Crippen LogP contribution in [0.3, 0.4) is 0 Å². The van der Waals surface area contributed by atoms with Crippen molar-refractivity contribution in [2.75, 3.05) is 6.54 Å². The molecule has 0 saturated heterocycles. The maximum Gasteiger partial charge on any atom is 0.315 e. The number of primary amides is 1. The van der Waals surface area contributed by atoms with E-state index in [4.69, 9.17) is 5.73 Å². The van der Waals surface area contributed by atoms with E-state index in [1.165, 1.54) is 0 Å². The molecule has 0 radical (unpaired) electrons. The van der Waals surface area contributed by atoms with Crippen LogP contribution in [0.5, 0.6) is 0 Å². The lowest BCUT2D eigenvalue weighted by Crippen LogP contribution is -2.38. The van der Waals surface area contributed by atoms with Gasteiger partial charge in [0, 0.05) is 17.5 Å². The second-order valence-electron chi connectivity index (χ2n) is 5.46. The van der Waals surface area contributed by atoms with Crippen molar-refractivity contribution in [3.05, 3.63) is 51.5 Å². The Morgan fingerprint density at radius 2 is 2.17 bits per heavy atom. The van der Waals surface area contributed by atoms with Crippen molar-refractivity contribution >= 4 is 23.3 Å². The largest absolute Gasteiger partial charge is 0.366 e. The molecule has 2 rings (SSSR count). The summed E-state index contributed by atoms with van der Waals surface area (Å²) in [6, 6.07) is 6.72. The molecule has 0 unspecified atom stereocenters. The SMILES string of the molecule is CCc1nc([C@@H](C)NC(=O)NCCc2cccc(C(N)=O)c2)cs1. The summed E-state index contributed by atoms with van der Waals surface area (Å²) in [4.78, 5) is 27.6. The number of aryl methyl sites for hydroxylation is 1. The molecule has 1 heterocycles. The average Bonchev–Trinajstić information content (AvgIpc) is 3.04. The van der Waals surface area contributed by atoms with Crippen molar-refractivity contribution in [3.63, 3.8) is 0 Å². The van der Waals surface area contributed by atoms with Gasteiger partial charge in [-0.1, -0.05) is 19.1 Å². The molecule has 0 aliphatic rings. The Labute approximate surface area is 145 Å². The van der Waals surface area contributed by atoms with E-state index in [0.717, 1.165) is 22.7 Å². The van der Waals surface area contributed by atoms with E-state index in [1.807, 2.05) is 18.4 Å². The van der Waals surface area contributed by atoms with Gasteiger partial charge in [0.15, 0.2) is 0 Å². The molecule has 128 valence electrons. The molecule has 24 heavy (non-hydrogen) atoms. The van der Waals surface area contributed by atoms with Crippen LogP contribution in [0.15, 0.2) is 29.6 Å². The number of nitrogens with zero attached hydrogens (tertiary/aromatic N) is 1. The highest BCUT2D eigenvalue weighted by Gasteiger charge is 2.12. The van der Waals surface area contributed by atoms with Crippen molar-refractivity contribution < 1.29 is 9.59 Å². The van der Waals surface area contributed by atoms with Gasteiger partial charge in [-0.15, -0.1) is 11.3 Å². The van der Waals surface area contributed by atoms with Crippen LogP contribution in [0.1, 0.15) is 46.5 Å². The maximum absolute atomic E-state index is 11.9.